The number of rotatable bonds is 79. The summed E-state index contributed by atoms with van der Waals surface area (Å²) in [5.74, 6) is -0.799. The molecule has 0 bridgehead atoms. The first-order chi connectivity index (χ1) is 45.3. The predicted molar refractivity (Wildman–Crippen MR) is 400 cm³/mol. The van der Waals surface area contributed by atoms with Gasteiger partial charge in [0.2, 0.25) is 0 Å². The first kappa shape index (κ1) is 90.2. The minimum atomic E-state index is -4.39. The molecule has 0 radical (unpaired) electrons. The van der Waals surface area contributed by atoms with Crippen molar-refractivity contribution in [2.75, 3.05) is 26.4 Å². The van der Waals surface area contributed by atoms with Crippen LogP contribution in [0.2, 0.25) is 0 Å². The molecule has 0 saturated carbocycles. The van der Waals surface area contributed by atoms with Crippen molar-refractivity contribution in [3.63, 3.8) is 0 Å². The maximum absolute atomic E-state index is 12.8. The first-order valence-electron chi connectivity index (χ1n) is 41.0. The monoisotopic (exact) mass is 1320 g/mol. The van der Waals surface area contributed by atoms with Gasteiger partial charge in [-0.25, -0.2) is 4.57 Å². The third-order valence-electron chi connectivity index (χ3n) is 18.8. The van der Waals surface area contributed by atoms with Gasteiger partial charge in [-0.2, -0.15) is 0 Å². The molecule has 0 aromatic rings. The molecule has 0 fully saturated rings. The second kappa shape index (κ2) is 78.2. The number of phosphoric acid groups is 1. The van der Waals surface area contributed by atoms with Crippen LogP contribution < -0.4 is 5.73 Å². The Morgan fingerprint density at radius 2 is 0.565 bits per heavy atom. The van der Waals surface area contributed by atoms with E-state index in [1.54, 1.807) is 0 Å². The summed E-state index contributed by atoms with van der Waals surface area (Å²) in [5, 5.41) is 0. The summed E-state index contributed by atoms with van der Waals surface area (Å²) < 4.78 is 33.3. The zero-order chi connectivity index (χ0) is 66.5. The van der Waals surface area contributed by atoms with Crippen molar-refractivity contribution in [1.29, 1.82) is 0 Å². The molecule has 92 heavy (non-hydrogen) atoms. The Balaban J connectivity index is 3.74. The molecular weight excluding hydrogens is 1160 g/mol. The van der Waals surface area contributed by atoms with E-state index in [0.717, 1.165) is 44.9 Å². The van der Waals surface area contributed by atoms with Gasteiger partial charge in [-0.3, -0.25) is 18.6 Å². The van der Waals surface area contributed by atoms with Crippen LogP contribution in [0.1, 0.15) is 444 Å². The molecule has 0 amide bonds. The maximum atomic E-state index is 12.8. The van der Waals surface area contributed by atoms with Gasteiger partial charge in [0, 0.05) is 19.4 Å². The lowest BCUT2D eigenvalue weighted by Gasteiger charge is -2.19. The van der Waals surface area contributed by atoms with Crippen LogP contribution in [-0.2, 0) is 32.7 Å². The van der Waals surface area contributed by atoms with Gasteiger partial charge in [0.05, 0.1) is 13.2 Å². The lowest BCUT2D eigenvalue weighted by Crippen LogP contribution is -2.29. The number of hydrogen-bond acceptors (Lipinski definition) is 8. The molecule has 2 atom stereocenters. The van der Waals surface area contributed by atoms with Gasteiger partial charge >= 0.3 is 19.8 Å². The second-order valence-electron chi connectivity index (χ2n) is 28.0. The quantitative estimate of drug-likeness (QED) is 0.0264. The van der Waals surface area contributed by atoms with Gasteiger partial charge in [-0.05, 0) is 51.4 Å². The van der Waals surface area contributed by atoms with E-state index in [0.29, 0.717) is 6.42 Å². The zero-order valence-electron chi connectivity index (χ0n) is 61.6. The van der Waals surface area contributed by atoms with Gasteiger partial charge < -0.3 is 20.1 Å². The molecule has 9 nitrogen and oxygen atoms in total. The molecule has 2 unspecified atom stereocenters. The molecule has 0 aliphatic rings. The summed E-state index contributed by atoms with van der Waals surface area (Å²) in [6.45, 7) is 3.83. The van der Waals surface area contributed by atoms with E-state index in [-0.39, 0.29) is 38.6 Å². The topological polar surface area (TPSA) is 134 Å². The number of hydrogen-bond donors (Lipinski definition) is 2. The lowest BCUT2D eigenvalue weighted by molar-refractivity contribution is -0.161. The van der Waals surface area contributed by atoms with E-state index < -0.39 is 26.5 Å². The fraction of sp³-hybridized carbons (Fsp3) is 0.902. The van der Waals surface area contributed by atoms with Crippen LogP contribution in [-0.4, -0.2) is 49.3 Å². The van der Waals surface area contributed by atoms with E-state index in [2.05, 4.69) is 50.3 Å². The van der Waals surface area contributed by atoms with Crippen LogP contribution in [0, 0.1) is 0 Å². The van der Waals surface area contributed by atoms with Gasteiger partial charge in [-0.1, -0.05) is 416 Å². The fourth-order valence-corrected chi connectivity index (χ4v) is 13.5. The predicted octanol–water partition coefficient (Wildman–Crippen LogP) is 27.4. The molecule has 0 aliphatic carbocycles. The number of carbonyl (C=O) groups is 2. The van der Waals surface area contributed by atoms with Crippen LogP contribution in [0.15, 0.2) is 36.5 Å². The number of phosphoric ester groups is 1. The first-order valence-corrected chi connectivity index (χ1v) is 42.5. The van der Waals surface area contributed by atoms with Gasteiger partial charge in [0.15, 0.2) is 6.10 Å². The average molecular weight is 1320 g/mol. The molecule has 0 heterocycles. The molecule has 3 N–H and O–H groups in total. The van der Waals surface area contributed by atoms with Crippen LogP contribution in [0.5, 0.6) is 0 Å². The van der Waals surface area contributed by atoms with Crippen LogP contribution in [0.25, 0.3) is 0 Å². The van der Waals surface area contributed by atoms with E-state index in [4.69, 9.17) is 24.3 Å². The largest absolute Gasteiger partial charge is 0.472 e. The van der Waals surface area contributed by atoms with Crippen molar-refractivity contribution < 1.29 is 37.6 Å². The SMILES string of the molecule is CCCCCCC/C=C\C/C=C\C/C=C\CCCCCCCCCCCCCCCCCCCCCCCCC(=O)OC(COC(=O)CCCCCCCCCCCCCCCCCCCCCCCCCCCCCCCCCCCC)COP(=O)(O)OCCN. The zero-order valence-corrected chi connectivity index (χ0v) is 62.5. The second-order valence-corrected chi connectivity index (χ2v) is 29.5. The van der Waals surface area contributed by atoms with Crippen molar-refractivity contribution >= 4 is 19.8 Å². The molecular formula is C82H158NO8P. The molecule has 0 spiro atoms. The Bertz CT molecular complexity index is 1600. The Labute approximate surface area is 573 Å². The highest BCUT2D eigenvalue weighted by Gasteiger charge is 2.26. The van der Waals surface area contributed by atoms with Crippen molar-refractivity contribution in [2.45, 2.75) is 450 Å². The van der Waals surface area contributed by atoms with Gasteiger partial charge in [-0.15, -0.1) is 0 Å². The maximum Gasteiger partial charge on any atom is 0.472 e. The average Bonchev–Trinajstić information content (AvgIpc) is 3.01. The summed E-state index contributed by atoms with van der Waals surface area (Å²) >= 11 is 0. The third kappa shape index (κ3) is 77.2. The van der Waals surface area contributed by atoms with Gasteiger partial charge in [0.1, 0.15) is 6.61 Å². The Kier molecular flexibility index (Phi) is 76.7. The number of ether oxygens (including phenoxy) is 2. The smallest absolute Gasteiger partial charge is 0.462 e. The Morgan fingerprint density at radius 1 is 0.326 bits per heavy atom. The van der Waals surface area contributed by atoms with Crippen LogP contribution in [0.3, 0.4) is 0 Å². The molecule has 0 aromatic heterocycles. The molecule has 544 valence electrons. The number of carbonyl (C=O) groups excluding carboxylic acids is 2. The minimum Gasteiger partial charge on any atom is -0.462 e. The molecule has 0 aromatic carbocycles. The molecule has 0 rings (SSSR count). The van der Waals surface area contributed by atoms with Crippen LogP contribution in [0.4, 0.5) is 0 Å². The van der Waals surface area contributed by atoms with E-state index in [1.807, 2.05) is 0 Å². The Morgan fingerprint density at radius 3 is 0.837 bits per heavy atom. The normalized spacial score (nSPS) is 13.0. The summed E-state index contributed by atoms with van der Waals surface area (Å²) in [6, 6.07) is 0. The summed E-state index contributed by atoms with van der Waals surface area (Å²) in [7, 11) is -4.39. The highest BCUT2D eigenvalue weighted by atomic mass is 31.2. The van der Waals surface area contributed by atoms with Crippen molar-refractivity contribution in [3.05, 3.63) is 36.5 Å². The van der Waals surface area contributed by atoms with Crippen molar-refractivity contribution in [3.8, 4) is 0 Å². The summed E-state index contributed by atoms with van der Waals surface area (Å²) in [5.41, 5.74) is 5.42. The number of allylic oxidation sites excluding steroid dienone is 6. The van der Waals surface area contributed by atoms with Gasteiger partial charge in [0.25, 0.3) is 0 Å². The molecule has 0 aliphatic heterocycles. The number of esters is 2. The van der Waals surface area contributed by atoms with E-state index >= 15 is 0 Å². The highest BCUT2D eigenvalue weighted by Crippen LogP contribution is 2.43. The fourth-order valence-electron chi connectivity index (χ4n) is 12.7. The van der Waals surface area contributed by atoms with Crippen molar-refractivity contribution in [1.82, 2.24) is 0 Å². The lowest BCUT2D eigenvalue weighted by atomic mass is 10.0. The number of nitrogens with two attached hydrogens (primary N) is 1. The third-order valence-corrected chi connectivity index (χ3v) is 19.8. The summed E-state index contributed by atoms with van der Waals surface area (Å²) in [6.07, 6.45) is 100. The minimum absolute atomic E-state index is 0.0568. The van der Waals surface area contributed by atoms with E-state index in [9.17, 15) is 19.0 Å². The number of unbranched alkanes of at least 4 members (excludes halogenated alkanes) is 60. The summed E-state index contributed by atoms with van der Waals surface area (Å²) in [4.78, 5) is 35.5. The molecule has 0 saturated heterocycles. The highest BCUT2D eigenvalue weighted by molar-refractivity contribution is 7.47. The van der Waals surface area contributed by atoms with Crippen LogP contribution >= 0.6 is 7.82 Å². The molecule has 10 heteroatoms. The standard InChI is InChI=1S/C82H158NO8P/c1-3-5-7-9-11-13-15-17-19-21-23-25-27-29-31-33-35-37-39-40-41-43-45-47-49-51-53-55-57-59-61-63-65-67-69-71-73-75-82(85)91-80(79-90-92(86,87)89-77-76-83)78-88-81(84)74-72-70-68-66-64-62-60-58-56-54-52-50-48-46-44-42-38-36-34-32-30-28-26-24-22-20-18-16-14-12-10-8-6-4-2/h15,17,21,23,27,29,80H,3-14,16,18-20,22,24-26,28,30-79,83H2,1-2H3,(H,86,87)/b17-15-,23-21-,29-27-. The van der Waals surface area contributed by atoms with E-state index in [1.165, 1.54) is 366 Å². The van der Waals surface area contributed by atoms with Crippen molar-refractivity contribution in [2.24, 2.45) is 5.73 Å². The Hall–Kier alpha value is -1.77.